The van der Waals surface area contributed by atoms with E-state index in [0.29, 0.717) is 4.84 Å². The number of ketones is 1. The van der Waals surface area contributed by atoms with Crippen molar-refractivity contribution in [2.24, 2.45) is 0 Å². The molecule has 1 N–H and O–H groups in total. The van der Waals surface area contributed by atoms with E-state index in [1.807, 2.05) is 42.5 Å². The molecule has 0 amide bonds. The van der Waals surface area contributed by atoms with Crippen molar-refractivity contribution in [3.8, 4) is 0 Å². The zero-order chi connectivity index (χ0) is 18.1. The van der Waals surface area contributed by atoms with Gasteiger partial charge in [-0.25, -0.2) is 0 Å². The van der Waals surface area contributed by atoms with Gasteiger partial charge in [0.15, 0.2) is 18.0 Å². The van der Waals surface area contributed by atoms with Crippen LogP contribution < -0.4 is 9.80 Å². The Morgan fingerprint density at radius 2 is 1.81 bits per heavy atom. The van der Waals surface area contributed by atoms with E-state index >= 15 is 0 Å². The number of nitrogens with one attached hydrogen (secondary N) is 1. The number of hydrogen-bond acceptors (Lipinski definition) is 4. The lowest BCUT2D eigenvalue weighted by Crippen LogP contribution is -3.14. The molecule has 134 valence electrons. The van der Waals surface area contributed by atoms with Crippen molar-refractivity contribution in [2.45, 2.75) is 13.6 Å². The number of nitrogens with zero attached hydrogens (tertiary/aromatic N) is 2. The van der Waals surface area contributed by atoms with Crippen LogP contribution in [-0.4, -0.2) is 36.5 Å². The summed E-state index contributed by atoms with van der Waals surface area (Å²) in [7, 11) is 0. The number of fused-ring (bicyclic) bond motifs is 1. The van der Waals surface area contributed by atoms with Gasteiger partial charge in [-0.1, -0.05) is 12.1 Å². The molecule has 6 heteroatoms. The van der Waals surface area contributed by atoms with Crippen LogP contribution in [0.4, 0.5) is 5.69 Å². The average Bonchev–Trinajstić information content (AvgIpc) is 2.98. The number of para-hydroxylation sites is 2. The molecule has 0 radical (unpaired) electrons. The molecule has 0 atom stereocenters. The van der Waals surface area contributed by atoms with Crippen molar-refractivity contribution in [3.63, 3.8) is 0 Å². The van der Waals surface area contributed by atoms with Gasteiger partial charge in [0, 0.05) is 11.3 Å². The molecule has 2 aromatic carbocycles. The van der Waals surface area contributed by atoms with Crippen molar-refractivity contribution in [3.05, 3.63) is 58.9 Å². The van der Waals surface area contributed by atoms with Gasteiger partial charge in [0.1, 0.15) is 0 Å². The zero-order valence-electron chi connectivity index (χ0n) is 14.8. The number of carbonyl (C=O) groups is 1. The standard InChI is InChI=1S/C20H21N3O2S/c1-15(24)16-6-8-17(9-7-16)22-12-10-21(11-13-22)14-23-18-4-2-3-5-19(18)25-20(23)26/h2-9H,10-14H2,1H3/p+1. The van der Waals surface area contributed by atoms with Crippen molar-refractivity contribution >= 4 is 34.8 Å². The highest BCUT2D eigenvalue weighted by Gasteiger charge is 2.21. The average molecular weight is 368 g/mol. The fraction of sp³-hybridized carbons (Fsp3) is 0.300. The molecule has 0 spiro atoms. The third-order valence-corrected chi connectivity index (χ3v) is 5.37. The monoisotopic (exact) mass is 368 g/mol. The Balaban J connectivity index is 1.42. The first kappa shape index (κ1) is 17.0. The van der Waals surface area contributed by atoms with Crippen LogP contribution in [0.1, 0.15) is 17.3 Å². The normalized spacial score (nSPS) is 15.5. The Morgan fingerprint density at radius 3 is 2.50 bits per heavy atom. The van der Waals surface area contributed by atoms with Crippen molar-refractivity contribution < 1.29 is 14.1 Å². The molecular weight excluding hydrogens is 346 g/mol. The summed E-state index contributed by atoms with van der Waals surface area (Å²) in [6.45, 7) is 6.47. The second-order valence-corrected chi connectivity index (χ2v) is 7.11. The summed E-state index contributed by atoms with van der Waals surface area (Å²) in [5, 5.41) is 0. The first-order valence-corrected chi connectivity index (χ1v) is 9.30. The van der Waals surface area contributed by atoms with Crippen LogP contribution in [-0.2, 0) is 6.67 Å². The topological polar surface area (TPSA) is 42.8 Å². The smallest absolute Gasteiger partial charge is 0.274 e. The van der Waals surface area contributed by atoms with Gasteiger partial charge in [0.05, 0.1) is 31.7 Å². The predicted molar refractivity (Wildman–Crippen MR) is 104 cm³/mol. The van der Waals surface area contributed by atoms with E-state index in [0.717, 1.165) is 49.5 Å². The molecule has 1 saturated heterocycles. The van der Waals surface area contributed by atoms with Crippen LogP contribution in [0.2, 0.25) is 0 Å². The number of anilines is 1. The fourth-order valence-corrected chi connectivity index (χ4v) is 3.79. The van der Waals surface area contributed by atoms with Gasteiger partial charge in [-0.05, 0) is 55.5 Å². The number of carbonyl (C=O) groups excluding carboxylic acids is 1. The van der Waals surface area contributed by atoms with Crippen molar-refractivity contribution in [2.75, 3.05) is 31.1 Å². The highest BCUT2D eigenvalue weighted by atomic mass is 32.1. The van der Waals surface area contributed by atoms with Crippen molar-refractivity contribution in [1.29, 1.82) is 0 Å². The van der Waals surface area contributed by atoms with Crippen LogP contribution in [0, 0.1) is 4.84 Å². The molecule has 1 aliphatic rings. The Kier molecular flexibility index (Phi) is 4.61. The molecule has 0 aliphatic carbocycles. The summed E-state index contributed by atoms with van der Waals surface area (Å²) < 4.78 is 7.78. The number of piperazine rings is 1. The number of hydrogen-bond donors (Lipinski definition) is 1. The molecule has 26 heavy (non-hydrogen) atoms. The van der Waals surface area contributed by atoms with E-state index in [1.54, 1.807) is 6.92 Å². The third kappa shape index (κ3) is 3.30. The SMILES string of the molecule is CC(=O)c1ccc(N2CC[NH+](Cn3c(=S)oc4ccccc43)CC2)cc1. The molecule has 1 aliphatic heterocycles. The van der Waals surface area contributed by atoms with Gasteiger partial charge in [0.2, 0.25) is 0 Å². The minimum atomic E-state index is 0.106. The quantitative estimate of drug-likeness (QED) is 0.568. The highest BCUT2D eigenvalue weighted by Crippen LogP contribution is 2.17. The van der Waals surface area contributed by atoms with Gasteiger partial charge < -0.3 is 14.2 Å². The Labute approximate surface area is 157 Å². The van der Waals surface area contributed by atoms with Crippen LogP contribution >= 0.6 is 12.2 Å². The first-order valence-electron chi connectivity index (χ1n) is 8.90. The number of rotatable bonds is 4. The molecule has 1 fully saturated rings. The van der Waals surface area contributed by atoms with E-state index in [-0.39, 0.29) is 5.78 Å². The molecule has 4 rings (SSSR count). The summed E-state index contributed by atoms with van der Waals surface area (Å²) in [5.74, 6) is 0.106. The molecule has 2 heterocycles. The summed E-state index contributed by atoms with van der Waals surface area (Å²) in [4.78, 5) is 15.8. The Morgan fingerprint density at radius 1 is 1.12 bits per heavy atom. The highest BCUT2D eigenvalue weighted by molar-refractivity contribution is 7.71. The largest absolute Gasteiger partial charge is 0.429 e. The van der Waals surface area contributed by atoms with E-state index in [9.17, 15) is 4.79 Å². The predicted octanol–water partition coefficient (Wildman–Crippen LogP) is 2.53. The summed E-state index contributed by atoms with van der Waals surface area (Å²) in [6.07, 6.45) is 0. The fourth-order valence-electron chi connectivity index (χ4n) is 3.53. The van der Waals surface area contributed by atoms with Gasteiger partial charge in [-0.2, -0.15) is 0 Å². The van der Waals surface area contributed by atoms with Gasteiger partial charge in [-0.15, -0.1) is 0 Å². The van der Waals surface area contributed by atoms with Crippen LogP contribution in [0.25, 0.3) is 11.1 Å². The van der Waals surface area contributed by atoms with E-state index in [2.05, 4.69) is 15.5 Å². The number of oxazole rings is 1. The summed E-state index contributed by atoms with van der Waals surface area (Å²) in [6, 6.07) is 15.9. The number of Topliss-reactive ketones (excluding diaryl/α,β-unsaturated/α-hetero) is 1. The molecular formula is C20H22N3O2S+. The maximum Gasteiger partial charge on any atom is 0.274 e. The molecule has 0 unspecified atom stereocenters. The lowest BCUT2D eigenvalue weighted by atomic mass is 10.1. The van der Waals surface area contributed by atoms with E-state index in [4.69, 9.17) is 16.6 Å². The second-order valence-electron chi connectivity index (χ2n) is 6.76. The zero-order valence-corrected chi connectivity index (χ0v) is 15.6. The summed E-state index contributed by atoms with van der Waals surface area (Å²) in [5.41, 5.74) is 3.85. The minimum Gasteiger partial charge on any atom is -0.429 e. The lowest BCUT2D eigenvalue weighted by molar-refractivity contribution is -0.923. The van der Waals surface area contributed by atoms with Crippen LogP contribution in [0.15, 0.2) is 52.9 Å². The third-order valence-electron chi connectivity index (χ3n) is 5.06. The number of benzene rings is 2. The second kappa shape index (κ2) is 7.05. The Bertz CT molecular complexity index is 982. The van der Waals surface area contributed by atoms with Gasteiger partial charge in [-0.3, -0.25) is 9.36 Å². The van der Waals surface area contributed by atoms with Gasteiger partial charge >= 0.3 is 0 Å². The molecule has 0 bridgehead atoms. The number of aromatic nitrogens is 1. The van der Waals surface area contributed by atoms with Crippen LogP contribution in [0.5, 0.6) is 0 Å². The minimum absolute atomic E-state index is 0.106. The van der Waals surface area contributed by atoms with E-state index in [1.165, 1.54) is 10.6 Å². The maximum absolute atomic E-state index is 11.4. The summed E-state index contributed by atoms with van der Waals surface area (Å²) >= 11 is 5.40. The van der Waals surface area contributed by atoms with Gasteiger partial charge in [0.25, 0.3) is 4.84 Å². The van der Waals surface area contributed by atoms with Crippen LogP contribution in [0.3, 0.4) is 0 Å². The molecule has 1 aromatic heterocycles. The number of quaternary nitrogens is 1. The maximum atomic E-state index is 11.4. The Hall–Kier alpha value is -2.44. The van der Waals surface area contributed by atoms with Crippen molar-refractivity contribution in [1.82, 2.24) is 4.57 Å². The molecule has 3 aromatic rings. The lowest BCUT2D eigenvalue weighted by Gasteiger charge is -2.33. The molecule has 5 nitrogen and oxygen atoms in total. The first-order chi connectivity index (χ1) is 12.6. The van der Waals surface area contributed by atoms with E-state index < -0.39 is 0 Å². The molecule has 0 saturated carbocycles.